The van der Waals surface area contributed by atoms with Gasteiger partial charge in [-0.3, -0.25) is 4.79 Å². The molecule has 0 unspecified atom stereocenters. The topological polar surface area (TPSA) is 57.7 Å². The van der Waals surface area contributed by atoms with Crippen LogP contribution < -0.4 is 0 Å². The van der Waals surface area contributed by atoms with Gasteiger partial charge >= 0.3 is 0 Å². The molecule has 1 aliphatic rings. The van der Waals surface area contributed by atoms with Crippen molar-refractivity contribution in [1.82, 2.24) is 9.21 Å². The van der Waals surface area contributed by atoms with Crippen LogP contribution in [-0.4, -0.2) is 49.7 Å². The summed E-state index contributed by atoms with van der Waals surface area (Å²) >= 11 is 18.1. The highest BCUT2D eigenvalue weighted by Gasteiger charge is 2.32. The molecule has 1 fully saturated rings. The molecule has 1 saturated heterocycles. The van der Waals surface area contributed by atoms with Crippen molar-refractivity contribution in [3.05, 3.63) is 63.1 Å². The van der Waals surface area contributed by atoms with Crippen molar-refractivity contribution in [1.29, 1.82) is 0 Å². The third-order valence-corrected chi connectivity index (χ3v) is 7.36. The molecule has 1 amide bonds. The number of hydrogen-bond acceptors (Lipinski definition) is 3. The second-order valence-corrected chi connectivity index (χ2v) is 9.24. The van der Waals surface area contributed by atoms with E-state index in [1.54, 1.807) is 29.2 Å². The Morgan fingerprint density at radius 1 is 0.889 bits per heavy atom. The van der Waals surface area contributed by atoms with Crippen LogP contribution in [-0.2, 0) is 10.0 Å². The lowest BCUT2D eigenvalue weighted by molar-refractivity contribution is 0.0764. The molecule has 0 saturated carbocycles. The lowest BCUT2D eigenvalue weighted by atomic mass is 10.2. The van der Waals surface area contributed by atoms with E-state index >= 15 is 0 Å². The maximum Gasteiger partial charge on any atom is 0.253 e. The van der Waals surface area contributed by atoms with Crippen LogP contribution in [0, 0.1) is 0 Å². The summed E-state index contributed by atoms with van der Waals surface area (Å²) in [7, 11) is -3.90. The summed E-state index contributed by atoms with van der Waals surface area (Å²) in [6, 6.07) is 11.6. The van der Waals surface area contributed by atoms with Crippen molar-refractivity contribution in [3.63, 3.8) is 0 Å². The van der Waals surface area contributed by atoms with E-state index in [1.165, 1.54) is 16.4 Å². The number of rotatable bonds is 3. The summed E-state index contributed by atoms with van der Waals surface area (Å²) < 4.78 is 27.4. The molecule has 144 valence electrons. The Hall–Kier alpha value is -1.31. The van der Waals surface area contributed by atoms with Gasteiger partial charge in [-0.15, -0.1) is 0 Å². The molecule has 0 atom stereocenters. The predicted octanol–water partition coefficient (Wildman–Crippen LogP) is 4.18. The maximum atomic E-state index is 13.0. The largest absolute Gasteiger partial charge is 0.337 e. The molecule has 1 aliphatic heterocycles. The molecule has 0 radical (unpaired) electrons. The molecule has 9 heteroatoms. The zero-order valence-corrected chi connectivity index (χ0v) is 17.3. The minimum atomic E-state index is -3.90. The van der Waals surface area contributed by atoms with Crippen LogP contribution >= 0.6 is 34.8 Å². The summed E-state index contributed by atoms with van der Waals surface area (Å²) in [5, 5.41) is 0.224. The quantitative estimate of drug-likeness (QED) is 0.709. The number of nitrogens with zero attached hydrogens (tertiary/aromatic N) is 2. The van der Waals surface area contributed by atoms with Gasteiger partial charge in [0.25, 0.3) is 5.91 Å². The van der Waals surface area contributed by atoms with E-state index in [9.17, 15) is 13.2 Å². The van der Waals surface area contributed by atoms with Gasteiger partial charge < -0.3 is 4.90 Å². The Morgan fingerprint density at radius 2 is 1.52 bits per heavy atom. The van der Waals surface area contributed by atoms with Gasteiger partial charge in [0, 0.05) is 36.8 Å². The first-order valence-corrected chi connectivity index (χ1v) is 10.9. The summed E-state index contributed by atoms with van der Waals surface area (Å²) in [6.45, 7) is 1.20. The Balaban J connectivity index is 1.81. The maximum absolute atomic E-state index is 13.0. The van der Waals surface area contributed by atoms with Crippen molar-refractivity contribution < 1.29 is 13.2 Å². The summed E-state index contributed by atoms with van der Waals surface area (Å²) in [5.41, 5.74) is 0.581. The average molecular weight is 448 g/mol. The van der Waals surface area contributed by atoms with Gasteiger partial charge in [0.2, 0.25) is 10.0 Å². The second-order valence-electron chi connectivity index (χ2n) is 6.11. The zero-order chi connectivity index (χ0) is 19.6. The normalized spacial score (nSPS) is 16.2. The molecule has 27 heavy (non-hydrogen) atoms. The second kappa shape index (κ2) is 8.37. The van der Waals surface area contributed by atoms with E-state index in [0.29, 0.717) is 18.5 Å². The molecule has 0 spiro atoms. The van der Waals surface area contributed by atoms with E-state index < -0.39 is 10.0 Å². The fourth-order valence-electron chi connectivity index (χ4n) is 3.01. The number of sulfonamides is 1. The Bertz CT molecular complexity index is 929. The van der Waals surface area contributed by atoms with Crippen molar-refractivity contribution in [2.24, 2.45) is 0 Å². The number of carbonyl (C=O) groups is 1. The van der Waals surface area contributed by atoms with E-state index in [-0.39, 0.29) is 45.5 Å². The third-order valence-electron chi connectivity index (χ3n) is 4.32. The van der Waals surface area contributed by atoms with Crippen LogP contribution in [0.5, 0.6) is 0 Å². The number of carbonyl (C=O) groups excluding carboxylic acids is 1. The molecule has 2 aromatic rings. The highest BCUT2D eigenvalue weighted by atomic mass is 35.5. The Labute approximate surface area is 173 Å². The SMILES string of the molecule is O=C(c1ccccc1)N1CCCN(S(=O)(=O)c2c(Cl)cc(Cl)cc2Cl)CC1. The first kappa shape index (κ1) is 20.4. The lowest BCUT2D eigenvalue weighted by Crippen LogP contribution is -2.37. The fourth-order valence-corrected chi connectivity index (χ4v) is 5.97. The molecular weight excluding hydrogens is 431 g/mol. The van der Waals surface area contributed by atoms with E-state index in [1.807, 2.05) is 6.07 Å². The van der Waals surface area contributed by atoms with Crippen LogP contribution in [0.25, 0.3) is 0 Å². The van der Waals surface area contributed by atoms with Gasteiger partial charge in [-0.1, -0.05) is 53.0 Å². The molecule has 2 aromatic carbocycles. The van der Waals surface area contributed by atoms with E-state index in [0.717, 1.165) is 0 Å². The molecule has 1 heterocycles. The van der Waals surface area contributed by atoms with Crippen molar-refractivity contribution in [2.75, 3.05) is 26.2 Å². The summed E-state index contributed by atoms with van der Waals surface area (Å²) in [5.74, 6) is -0.114. The Morgan fingerprint density at radius 3 is 2.15 bits per heavy atom. The third kappa shape index (κ3) is 4.41. The summed E-state index contributed by atoms with van der Waals surface area (Å²) in [4.78, 5) is 14.1. The number of benzene rings is 2. The molecule has 0 aliphatic carbocycles. The number of amides is 1. The smallest absolute Gasteiger partial charge is 0.253 e. The first-order chi connectivity index (χ1) is 12.8. The number of halogens is 3. The van der Waals surface area contributed by atoms with E-state index in [2.05, 4.69) is 0 Å². The molecule has 0 N–H and O–H groups in total. The van der Waals surface area contributed by atoms with Crippen LogP contribution in [0.3, 0.4) is 0 Å². The Kier molecular flexibility index (Phi) is 6.33. The minimum absolute atomic E-state index is 0.0195. The molecule has 5 nitrogen and oxygen atoms in total. The van der Waals surface area contributed by atoms with Crippen molar-refractivity contribution >= 4 is 50.7 Å². The van der Waals surface area contributed by atoms with Crippen LogP contribution in [0.1, 0.15) is 16.8 Å². The van der Waals surface area contributed by atoms with Gasteiger partial charge in [-0.05, 0) is 30.7 Å². The fraction of sp³-hybridized carbons (Fsp3) is 0.278. The van der Waals surface area contributed by atoms with Crippen LogP contribution in [0.15, 0.2) is 47.4 Å². The van der Waals surface area contributed by atoms with Crippen molar-refractivity contribution in [2.45, 2.75) is 11.3 Å². The molecular formula is C18H17Cl3N2O3S. The van der Waals surface area contributed by atoms with Gasteiger partial charge in [0.15, 0.2) is 0 Å². The van der Waals surface area contributed by atoms with Gasteiger partial charge in [0.05, 0.1) is 10.0 Å². The van der Waals surface area contributed by atoms with Gasteiger partial charge in [0.1, 0.15) is 4.90 Å². The van der Waals surface area contributed by atoms with Crippen LogP contribution in [0.4, 0.5) is 0 Å². The average Bonchev–Trinajstić information content (AvgIpc) is 2.87. The first-order valence-electron chi connectivity index (χ1n) is 8.30. The number of hydrogen-bond donors (Lipinski definition) is 0. The molecule has 0 aromatic heterocycles. The monoisotopic (exact) mass is 446 g/mol. The van der Waals surface area contributed by atoms with E-state index in [4.69, 9.17) is 34.8 Å². The standard InChI is InChI=1S/C18H17Cl3N2O3S/c19-14-11-15(20)17(16(21)12-14)27(25,26)23-8-4-7-22(9-10-23)18(24)13-5-2-1-3-6-13/h1-3,5-6,11-12H,4,7-10H2. The van der Waals surface area contributed by atoms with Gasteiger partial charge in [-0.25, -0.2) is 8.42 Å². The van der Waals surface area contributed by atoms with Crippen LogP contribution in [0.2, 0.25) is 15.1 Å². The van der Waals surface area contributed by atoms with Gasteiger partial charge in [-0.2, -0.15) is 4.31 Å². The summed E-state index contributed by atoms with van der Waals surface area (Å²) in [6.07, 6.45) is 0.515. The highest BCUT2D eigenvalue weighted by molar-refractivity contribution is 7.89. The predicted molar refractivity (Wildman–Crippen MR) is 107 cm³/mol. The minimum Gasteiger partial charge on any atom is -0.337 e. The lowest BCUT2D eigenvalue weighted by Gasteiger charge is -2.23. The zero-order valence-electron chi connectivity index (χ0n) is 14.2. The highest BCUT2D eigenvalue weighted by Crippen LogP contribution is 2.34. The molecule has 3 rings (SSSR count). The van der Waals surface area contributed by atoms with Crippen molar-refractivity contribution in [3.8, 4) is 0 Å². The molecule has 0 bridgehead atoms.